The Bertz CT molecular complexity index is 1120. The first kappa shape index (κ1) is 17.0. The summed E-state index contributed by atoms with van der Waals surface area (Å²) in [5.74, 6) is 1.14. The lowest BCUT2D eigenvalue weighted by atomic mass is 10.1. The van der Waals surface area contributed by atoms with Crippen LogP contribution in [0, 0.1) is 0 Å². The Morgan fingerprint density at radius 1 is 0.962 bits per heavy atom. The van der Waals surface area contributed by atoms with E-state index in [9.17, 15) is 5.11 Å². The molecule has 0 aliphatic rings. The van der Waals surface area contributed by atoms with Crippen LogP contribution in [0.3, 0.4) is 0 Å². The Morgan fingerprint density at radius 3 is 2.50 bits per heavy atom. The molecule has 1 heterocycles. The van der Waals surface area contributed by atoms with Gasteiger partial charge in [0.15, 0.2) is 0 Å². The van der Waals surface area contributed by atoms with Gasteiger partial charge in [-0.25, -0.2) is 4.98 Å². The van der Waals surface area contributed by atoms with E-state index in [1.807, 2.05) is 36.5 Å². The third kappa shape index (κ3) is 3.05. The molecule has 0 saturated carbocycles. The highest BCUT2D eigenvalue weighted by Crippen LogP contribution is 2.33. The molecule has 1 N–H and O–H groups in total. The summed E-state index contributed by atoms with van der Waals surface area (Å²) in [5, 5.41) is 12.9. The number of aromatic hydroxyl groups is 1. The van der Waals surface area contributed by atoms with Crippen molar-refractivity contribution in [1.29, 1.82) is 0 Å². The van der Waals surface area contributed by atoms with Crippen LogP contribution >= 0.6 is 23.2 Å². The van der Waals surface area contributed by atoms with E-state index in [0.717, 1.165) is 40.0 Å². The van der Waals surface area contributed by atoms with Gasteiger partial charge in [0.05, 0.1) is 10.7 Å². The van der Waals surface area contributed by atoms with Gasteiger partial charge < -0.3 is 9.67 Å². The average molecular weight is 383 g/mol. The fourth-order valence-electron chi connectivity index (χ4n) is 3.09. The van der Waals surface area contributed by atoms with Crippen LogP contribution in [0.2, 0.25) is 10.0 Å². The van der Waals surface area contributed by atoms with E-state index in [-0.39, 0.29) is 5.75 Å². The second-order valence-electron chi connectivity index (χ2n) is 6.11. The van der Waals surface area contributed by atoms with Crippen LogP contribution in [0.4, 0.5) is 0 Å². The molecule has 5 heteroatoms. The van der Waals surface area contributed by atoms with Crippen LogP contribution in [0.1, 0.15) is 6.92 Å². The molecule has 130 valence electrons. The fraction of sp³-hybridized carbons (Fsp3) is 0.0952. The average Bonchev–Trinajstić information content (AvgIpc) is 3.05. The smallest absolute Gasteiger partial charge is 0.140 e. The highest BCUT2D eigenvalue weighted by Gasteiger charge is 2.14. The Balaban J connectivity index is 1.84. The van der Waals surface area contributed by atoms with E-state index in [2.05, 4.69) is 17.6 Å². The van der Waals surface area contributed by atoms with E-state index in [4.69, 9.17) is 28.2 Å². The lowest BCUT2D eigenvalue weighted by molar-refractivity contribution is 0.476. The molecule has 0 fully saturated rings. The number of phenols is 1. The molecule has 0 unspecified atom stereocenters. The number of aryl methyl sites for hydroxylation is 1. The normalized spacial score (nSPS) is 11.2. The Morgan fingerprint density at radius 2 is 1.73 bits per heavy atom. The van der Waals surface area contributed by atoms with E-state index in [1.165, 1.54) is 0 Å². The van der Waals surface area contributed by atoms with Crippen molar-refractivity contribution in [3.05, 3.63) is 70.8 Å². The Kier molecular flexibility index (Phi) is 4.35. The summed E-state index contributed by atoms with van der Waals surface area (Å²) >= 11 is 12.4. The molecule has 0 saturated heterocycles. The molecule has 3 aromatic carbocycles. The molecule has 0 atom stereocenters. The molecule has 0 bridgehead atoms. The Labute approximate surface area is 161 Å². The molecule has 1 aromatic heterocycles. The van der Waals surface area contributed by atoms with Gasteiger partial charge in [-0.1, -0.05) is 41.4 Å². The van der Waals surface area contributed by atoms with Gasteiger partial charge in [0.2, 0.25) is 0 Å². The molecule has 0 aliphatic carbocycles. The van der Waals surface area contributed by atoms with Gasteiger partial charge in [-0.2, -0.15) is 0 Å². The lowest BCUT2D eigenvalue weighted by Crippen LogP contribution is -1.95. The van der Waals surface area contributed by atoms with Crippen molar-refractivity contribution in [3.8, 4) is 28.4 Å². The van der Waals surface area contributed by atoms with E-state index in [1.54, 1.807) is 18.2 Å². The maximum Gasteiger partial charge on any atom is 0.140 e. The SMILES string of the molecule is CCn1cc(-c2ccc(Cl)cc2Cl)nc1-c1ccc2cc(O)ccc2c1. The van der Waals surface area contributed by atoms with Gasteiger partial charge in [0, 0.05) is 28.9 Å². The number of hydrogen-bond donors (Lipinski definition) is 1. The van der Waals surface area contributed by atoms with Crippen molar-refractivity contribution in [2.45, 2.75) is 13.5 Å². The molecule has 0 spiro atoms. The molecule has 3 nitrogen and oxygen atoms in total. The molecular formula is C21H16Cl2N2O. The van der Waals surface area contributed by atoms with Crippen LogP contribution in [0.15, 0.2) is 60.8 Å². The van der Waals surface area contributed by atoms with E-state index in [0.29, 0.717) is 10.0 Å². The highest BCUT2D eigenvalue weighted by atomic mass is 35.5. The van der Waals surface area contributed by atoms with Gasteiger partial charge >= 0.3 is 0 Å². The summed E-state index contributed by atoms with van der Waals surface area (Å²) in [7, 11) is 0. The first-order valence-electron chi connectivity index (χ1n) is 8.31. The zero-order valence-electron chi connectivity index (χ0n) is 14.1. The first-order chi connectivity index (χ1) is 12.5. The summed E-state index contributed by atoms with van der Waals surface area (Å²) in [5.41, 5.74) is 2.69. The zero-order valence-corrected chi connectivity index (χ0v) is 15.6. The predicted octanol–water partition coefficient (Wildman–Crippen LogP) is 6.40. The number of nitrogens with zero attached hydrogens (tertiary/aromatic N) is 2. The minimum atomic E-state index is 0.264. The summed E-state index contributed by atoms with van der Waals surface area (Å²) in [6, 6.07) is 16.9. The molecule has 4 rings (SSSR count). The maximum atomic E-state index is 9.64. The number of imidazole rings is 1. The van der Waals surface area contributed by atoms with E-state index < -0.39 is 0 Å². The molecule has 0 aliphatic heterocycles. The second kappa shape index (κ2) is 6.67. The zero-order chi connectivity index (χ0) is 18.3. The molecule has 0 amide bonds. The quantitative estimate of drug-likeness (QED) is 0.444. The van der Waals surface area contributed by atoms with Gasteiger partial charge in [-0.15, -0.1) is 0 Å². The van der Waals surface area contributed by atoms with Crippen LogP contribution < -0.4 is 0 Å². The van der Waals surface area contributed by atoms with Crippen LogP contribution in [0.5, 0.6) is 5.75 Å². The third-order valence-corrected chi connectivity index (χ3v) is 4.95. The minimum absolute atomic E-state index is 0.264. The predicted molar refractivity (Wildman–Crippen MR) is 108 cm³/mol. The summed E-state index contributed by atoms with van der Waals surface area (Å²) in [6.07, 6.45) is 2.01. The van der Waals surface area contributed by atoms with Crippen LogP contribution in [-0.2, 0) is 6.54 Å². The number of benzene rings is 3. The summed E-state index contributed by atoms with van der Waals surface area (Å²) in [4.78, 5) is 4.82. The van der Waals surface area contributed by atoms with Crippen LogP contribution in [0.25, 0.3) is 33.4 Å². The largest absolute Gasteiger partial charge is 0.508 e. The monoisotopic (exact) mass is 382 g/mol. The highest BCUT2D eigenvalue weighted by molar-refractivity contribution is 6.36. The standard InChI is InChI=1S/C21H16Cl2N2O/c1-2-25-12-20(18-8-6-16(22)11-19(18)23)24-21(25)15-4-3-14-10-17(26)7-5-13(14)9-15/h3-12,26H,2H2,1H3. The third-order valence-electron chi connectivity index (χ3n) is 4.41. The number of halogens is 2. The second-order valence-corrected chi connectivity index (χ2v) is 6.95. The minimum Gasteiger partial charge on any atom is -0.508 e. The van der Waals surface area contributed by atoms with Crippen molar-refractivity contribution < 1.29 is 5.11 Å². The topological polar surface area (TPSA) is 38.0 Å². The van der Waals surface area contributed by atoms with Gasteiger partial charge in [-0.05, 0) is 54.1 Å². The lowest BCUT2D eigenvalue weighted by Gasteiger charge is -2.06. The van der Waals surface area contributed by atoms with Gasteiger partial charge in [-0.3, -0.25) is 0 Å². The fourth-order valence-corrected chi connectivity index (χ4v) is 3.59. The maximum absolute atomic E-state index is 9.64. The summed E-state index contributed by atoms with van der Waals surface area (Å²) in [6.45, 7) is 2.87. The number of hydrogen-bond acceptors (Lipinski definition) is 2. The van der Waals surface area contributed by atoms with Crippen molar-refractivity contribution in [3.63, 3.8) is 0 Å². The Hall–Kier alpha value is -2.49. The van der Waals surface area contributed by atoms with Crippen molar-refractivity contribution in [2.24, 2.45) is 0 Å². The van der Waals surface area contributed by atoms with Crippen molar-refractivity contribution in [1.82, 2.24) is 9.55 Å². The molecular weight excluding hydrogens is 367 g/mol. The number of aromatic nitrogens is 2. The number of phenolic OH excluding ortho intramolecular Hbond substituents is 1. The van der Waals surface area contributed by atoms with Gasteiger partial charge in [0.1, 0.15) is 11.6 Å². The van der Waals surface area contributed by atoms with Gasteiger partial charge in [0.25, 0.3) is 0 Å². The first-order valence-corrected chi connectivity index (χ1v) is 9.06. The molecule has 0 radical (unpaired) electrons. The molecule has 26 heavy (non-hydrogen) atoms. The van der Waals surface area contributed by atoms with Crippen molar-refractivity contribution >= 4 is 34.0 Å². The van der Waals surface area contributed by atoms with Crippen LogP contribution in [-0.4, -0.2) is 14.7 Å². The number of rotatable bonds is 3. The number of fused-ring (bicyclic) bond motifs is 1. The van der Waals surface area contributed by atoms with E-state index >= 15 is 0 Å². The summed E-state index contributed by atoms with van der Waals surface area (Å²) < 4.78 is 2.10. The molecule has 4 aromatic rings. The van der Waals surface area contributed by atoms with Crippen molar-refractivity contribution in [2.75, 3.05) is 0 Å².